The van der Waals surface area contributed by atoms with Crippen molar-refractivity contribution in [3.8, 4) is 0 Å². The zero-order valence-electron chi connectivity index (χ0n) is 21.6. The number of benzene rings is 2. The molecule has 1 fully saturated rings. The van der Waals surface area contributed by atoms with Gasteiger partial charge in [0, 0.05) is 47.7 Å². The van der Waals surface area contributed by atoms with Crippen molar-refractivity contribution in [2.24, 2.45) is 0 Å². The Labute approximate surface area is 216 Å². The predicted octanol–water partition coefficient (Wildman–Crippen LogP) is 4.60. The van der Waals surface area contributed by atoms with E-state index in [1.165, 1.54) is 43.3 Å². The van der Waals surface area contributed by atoms with Gasteiger partial charge in [0.2, 0.25) is 5.95 Å². The molecule has 0 radical (unpaired) electrons. The second kappa shape index (κ2) is 9.39. The molecule has 194 valence electrons. The zero-order chi connectivity index (χ0) is 26.4. The number of nitrogens with zero attached hydrogens (tertiary/aromatic N) is 2. The monoisotopic (exact) mass is 504 g/mol. The first-order valence-corrected chi connectivity index (χ1v) is 12.6. The summed E-state index contributed by atoms with van der Waals surface area (Å²) in [6, 6.07) is 10.7. The van der Waals surface area contributed by atoms with Crippen molar-refractivity contribution in [2.45, 2.75) is 64.1 Å². The maximum atomic E-state index is 14.3. The van der Waals surface area contributed by atoms with Crippen LogP contribution in [0.25, 0.3) is 0 Å². The first kappa shape index (κ1) is 25.1. The van der Waals surface area contributed by atoms with Crippen LogP contribution in [0, 0.1) is 5.82 Å². The van der Waals surface area contributed by atoms with E-state index in [2.05, 4.69) is 57.2 Å². The Balaban J connectivity index is 1.46. The van der Waals surface area contributed by atoms with Crippen molar-refractivity contribution >= 4 is 29.0 Å². The maximum absolute atomic E-state index is 14.3. The number of rotatable bonds is 7. The van der Waals surface area contributed by atoms with Gasteiger partial charge >= 0.3 is 0 Å². The number of hydrogen-bond donors (Lipinski definition) is 5. The number of amides is 1. The Bertz CT molecular complexity index is 1350. The third-order valence-electron chi connectivity index (χ3n) is 6.81. The van der Waals surface area contributed by atoms with Gasteiger partial charge in [-0.25, -0.2) is 9.37 Å². The highest BCUT2D eigenvalue weighted by Crippen LogP contribution is 2.32. The highest BCUT2D eigenvalue weighted by Gasteiger charge is 2.28. The van der Waals surface area contributed by atoms with Crippen LogP contribution >= 0.6 is 0 Å². The second-order valence-corrected chi connectivity index (χ2v) is 11.1. The maximum Gasteiger partial charge on any atom is 0.256 e. The van der Waals surface area contributed by atoms with Gasteiger partial charge in [-0.15, -0.1) is 0 Å². The van der Waals surface area contributed by atoms with Crippen molar-refractivity contribution in [3.05, 3.63) is 70.7 Å². The number of hydrogen-bond acceptors (Lipinski definition) is 7. The minimum Gasteiger partial charge on any atom is -0.386 e. The van der Waals surface area contributed by atoms with Gasteiger partial charge in [0.1, 0.15) is 17.2 Å². The molecule has 2 aliphatic rings. The molecule has 1 aliphatic heterocycles. The molecule has 9 heteroatoms. The van der Waals surface area contributed by atoms with Crippen LogP contribution in [0.15, 0.2) is 42.6 Å². The molecule has 1 saturated carbocycles. The molecule has 0 saturated heterocycles. The molecule has 5 rings (SSSR count). The molecule has 8 nitrogen and oxygen atoms in total. The summed E-state index contributed by atoms with van der Waals surface area (Å²) in [5.41, 5.74) is 2.95. The molecule has 1 aliphatic carbocycles. The normalized spacial score (nSPS) is 16.6. The number of carbonyl (C=O) groups is 1. The summed E-state index contributed by atoms with van der Waals surface area (Å²) < 4.78 is 14.3. The van der Waals surface area contributed by atoms with Gasteiger partial charge in [-0.2, -0.15) is 4.98 Å². The van der Waals surface area contributed by atoms with Gasteiger partial charge in [0.25, 0.3) is 5.91 Å². The Morgan fingerprint density at radius 1 is 1.14 bits per heavy atom. The Morgan fingerprint density at radius 3 is 2.59 bits per heavy atom. The summed E-state index contributed by atoms with van der Waals surface area (Å²) in [6.45, 7) is 9.19. The van der Waals surface area contributed by atoms with Crippen LogP contribution in [0.4, 0.5) is 27.5 Å². The van der Waals surface area contributed by atoms with Crippen LogP contribution in [-0.2, 0) is 17.6 Å². The highest BCUT2D eigenvalue weighted by atomic mass is 19.1. The molecule has 0 unspecified atom stereocenters. The third kappa shape index (κ3) is 5.57. The molecule has 37 heavy (non-hydrogen) atoms. The molecule has 1 aromatic heterocycles. The molecule has 2 aromatic carbocycles. The van der Waals surface area contributed by atoms with Crippen LogP contribution in [0.3, 0.4) is 0 Å². The van der Waals surface area contributed by atoms with Gasteiger partial charge in [-0.1, -0.05) is 19.9 Å². The second-order valence-electron chi connectivity index (χ2n) is 11.1. The highest BCUT2D eigenvalue weighted by molar-refractivity contribution is 5.99. The fourth-order valence-corrected chi connectivity index (χ4v) is 4.61. The van der Waals surface area contributed by atoms with Crippen LogP contribution in [-0.4, -0.2) is 33.6 Å². The van der Waals surface area contributed by atoms with Crippen molar-refractivity contribution in [3.63, 3.8) is 0 Å². The predicted molar refractivity (Wildman–Crippen MR) is 142 cm³/mol. The number of anilines is 4. The van der Waals surface area contributed by atoms with E-state index in [0.717, 1.165) is 31.6 Å². The molecule has 0 atom stereocenters. The van der Waals surface area contributed by atoms with E-state index in [0.29, 0.717) is 11.6 Å². The van der Waals surface area contributed by atoms with Gasteiger partial charge in [-0.3, -0.25) is 4.79 Å². The van der Waals surface area contributed by atoms with E-state index in [9.17, 15) is 14.3 Å². The van der Waals surface area contributed by atoms with E-state index in [4.69, 9.17) is 0 Å². The summed E-state index contributed by atoms with van der Waals surface area (Å²) in [5, 5.41) is 23.2. The third-order valence-corrected chi connectivity index (χ3v) is 6.81. The number of aromatic nitrogens is 2. The van der Waals surface area contributed by atoms with Crippen molar-refractivity contribution in [1.82, 2.24) is 20.6 Å². The average Bonchev–Trinajstić information content (AvgIpc) is 3.63. The Hall–Kier alpha value is -3.56. The van der Waals surface area contributed by atoms with Gasteiger partial charge in [0.05, 0.1) is 5.60 Å². The minimum atomic E-state index is -1.37. The van der Waals surface area contributed by atoms with Crippen molar-refractivity contribution < 1.29 is 14.3 Å². The number of nitrogens with one attached hydrogen (secondary N) is 4. The van der Waals surface area contributed by atoms with Crippen LogP contribution < -0.4 is 21.3 Å². The number of fused-ring (bicyclic) bond motifs is 1. The summed E-state index contributed by atoms with van der Waals surface area (Å²) in [7, 11) is 0. The summed E-state index contributed by atoms with van der Waals surface area (Å²) in [4.78, 5) is 21.9. The molecular weight excluding hydrogens is 471 g/mol. The SMILES string of the molecule is CC(C)(O)c1cc(Nc2nc(Nc3ccc4c(c3)CNCC4(C)C)ncc2C(=O)NC2CC2)ccc1F. The van der Waals surface area contributed by atoms with E-state index in [-0.39, 0.29) is 34.3 Å². The lowest BCUT2D eigenvalue weighted by atomic mass is 9.79. The van der Waals surface area contributed by atoms with Gasteiger partial charge in [0.15, 0.2) is 0 Å². The Kier molecular flexibility index (Phi) is 6.37. The largest absolute Gasteiger partial charge is 0.386 e. The van der Waals surface area contributed by atoms with Crippen LogP contribution in [0.5, 0.6) is 0 Å². The summed E-state index contributed by atoms with van der Waals surface area (Å²) >= 11 is 0. The first-order valence-electron chi connectivity index (χ1n) is 12.6. The zero-order valence-corrected chi connectivity index (χ0v) is 21.6. The number of carbonyl (C=O) groups excluding carboxylic acids is 1. The van der Waals surface area contributed by atoms with Crippen molar-refractivity contribution in [2.75, 3.05) is 17.2 Å². The summed E-state index contributed by atoms with van der Waals surface area (Å²) in [5.74, 6) is -0.189. The van der Waals surface area contributed by atoms with E-state index in [1.807, 2.05) is 6.07 Å². The fraction of sp³-hybridized carbons (Fsp3) is 0.393. The average molecular weight is 505 g/mol. The van der Waals surface area contributed by atoms with Gasteiger partial charge < -0.3 is 26.4 Å². The first-order chi connectivity index (χ1) is 17.5. The minimum absolute atomic E-state index is 0.0490. The smallest absolute Gasteiger partial charge is 0.256 e. The molecular formula is C28H33FN6O2. The quantitative estimate of drug-likeness (QED) is 0.320. The number of aliphatic hydroxyl groups is 1. The number of halogens is 1. The molecule has 0 bridgehead atoms. The van der Waals surface area contributed by atoms with Crippen molar-refractivity contribution in [1.29, 1.82) is 0 Å². The lowest BCUT2D eigenvalue weighted by Crippen LogP contribution is -2.38. The molecule has 1 amide bonds. The lowest BCUT2D eigenvalue weighted by Gasteiger charge is -2.33. The molecule has 0 spiro atoms. The van der Waals surface area contributed by atoms with E-state index < -0.39 is 11.4 Å². The molecule has 3 aromatic rings. The topological polar surface area (TPSA) is 111 Å². The fourth-order valence-electron chi connectivity index (χ4n) is 4.61. The van der Waals surface area contributed by atoms with E-state index >= 15 is 0 Å². The van der Waals surface area contributed by atoms with Crippen LogP contribution in [0.2, 0.25) is 0 Å². The molecule has 2 heterocycles. The molecule has 5 N–H and O–H groups in total. The lowest BCUT2D eigenvalue weighted by molar-refractivity contribution is 0.0746. The Morgan fingerprint density at radius 2 is 1.86 bits per heavy atom. The summed E-state index contributed by atoms with van der Waals surface area (Å²) in [6.07, 6.45) is 3.39. The van der Waals surface area contributed by atoms with Gasteiger partial charge in [-0.05, 0) is 68.1 Å². The van der Waals surface area contributed by atoms with E-state index in [1.54, 1.807) is 6.07 Å². The standard InChI is InChI=1S/C28H33FN6O2/c1-27(2)15-30-13-16-11-18(7-9-21(16)27)34-26-31-14-20(25(36)33-17-5-6-17)24(35-26)32-19-8-10-23(29)22(12-19)28(3,4)37/h7-12,14,17,30,37H,5-6,13,15H2,1-4H3,(H,33,36)(H2,31,32,34,35). The van der Waals surface area contributed by atoms with Crippen LogP contribution in [0.1, 0.15) is 67.6 Å².